The van der Waals surface area contributed by atoms with Crippen molar-refractivity contribution in [1.82, 2.24) is 4.98 Å². The molecule has 1 N–H and O–H groups in total. The van der Waals surface area contributed by atoms with Crippen molar-refractivity contribution in [2.75, 3.05) is 6.61 Å². The van der Waals surface area contributed by atoms with E-state index in [1.54, 1.807) is 42.5 Å². The molecule has 0 saturated heterocycles. The van der Waals surface area contributed by atoms with Gasteiger partial charge in [-0.25, -0.2) is 18.6 Å². The Hall–Kier alpha value is -3.74. The monoisotopic (exact) mass is 381 g/mol. The van der Waals surface area contributed by atoms with Crippen LogP contribution >= 0.6 is 0 Å². The van der Waals surface area contributed by atoms with Crippen LogP contribution in [0.3, 0.4) is 0 Å². The Morgan fingerprint density at radius 1 is 1.04 bits per heavy atom. The number of benzene rings is 3. The van der Waals surface area contributed by atoms with Crippen molar-refractivity contribution in [1.29, 1.82) is 0 Å². The summed E-state index contributed by atoms with van der Waals surface area (Å²) in [7, 11) is 0. The van der Waals surface area contributed by atoms with Crippen molar-refractivity contribution in [3.05, 3.63) is 72.3 Å². The van der Waals surface area contributed by atoms with E-state index in [0.29, 0.717) is 33.9 Å². The lowest BCUT2D eigenvalue weighted by Gasteiger charge is -2.03. The van der Waals surface area contributed by atoms with Crippen molar-refractivity contribution in [3.63, 3.8) is 0 Å². The minimum absolute atomic E-state index is 0.255. The number of halogens is 2. The Balaban J connectivity index is 1.69. The summed E-state index contributed by atoms with van der Waals surface area (Å²) >= 11 is 0. The minimum Gasteiger partial charge on any atom is -0.482 e. The summed E-state index contributed by atoms with van der Waals surface area (Å²) in [6, 6.07) is 15.1. The van der Waals surface area contributed by atoms with Crippen molar-refractivity contribution in [3.8, 4) is 28.3 Å². The molecule has 140 valence electrons. The summed E-state index contributed by atoms with van der Waals surface area (Å²) in [6.45, 7) is -0.455. The van der Waals surface area contributed by atoms with Crippen LogP contribution < -0.4 is 4.74 Å². The molecule has 0 saturated carbocycles. The van der Waals surface area contributed by atoms with Gasteiger partial charge in [-0.1, -0.05) is 12.1 Å². The zero-order chi connectivity index (χ0) is 19.7. The molecule has 0 fully saturated rings. The SMILES string of the molecule is O=C(O)COc1cccc(-c2nc3ccc(-c4ccc(F)cc4F)cc3o2)c1. The van der Waals surface area contributed by atoms with Crippen LogP contribution in [0.25, 0.3) is 33.7 Å². The summed E-state index contributed by atoms with van der Waals surface area (Å²) in [5, 5.41) is 8.71. The van der Waals surface area contributed by atoms with Gasteiger partial charge < -0.3 is 14.3 Å². The van der Waals surface area contributed by atoms with E-state index in [0.717, 1.165) is 6.07 Å². The molecule has 0 radical (unpaired) electrons. The molecule has 1 aromatic heterocycles. The number of rotatable bonds is 5. The van der Waals surface area contributed by atoms with E-state index in [9.17, 15) is 13.6 Å². The number of aromatic nitrogens is 1. The number of carboxylic acid groups (broad SMARTS) is 1. The van der Waals surface area contributed by atoms with Crippen LogP contribution in [0.2, 0.25) is 0 Å². The standard InChI is InChI=1S/C21H13F2NO4/c22-14-5-6-16(17(23)10-14)12-4-7-18-19(9-12)28-21(24-18)13-2-1-3-15(8-13)27-11-20(25)26/h1-10H,11H2,(H,25,26). The molecule has 0 aliphatic heterocycles. The summed E-state index contributed by atoms with van der Waals surface area (Å²) in [6.07, 6.45) is 0. The zero-order valence-corrected chi connectivity index (χ0v) is 14.4. The van der Waals surface area contributed by atoms with Gasteiger partial charge in [0.2, 0.25) is 5.89 Å². The van der Waals surface area contributed by atoms with E-state index in [2.05, 4.69) is 4.98 Å². The lowest BCUT2D eigenvalue weighted by molar-refractivity contribution is -0.139. The number of hydrogen-bond donors (Lipinski definition) is 1. The number of ether oxygens (including phenoxy) is 1. The van der Waals surface area contributed by atoms with Gasteiger partial charge in [0.1, 0.15) is 22.9 Å². The largest absolute Gasteiger partial charge is 0.482 e. The van der Waals surface area contributed by atoms with Crippen LogP contribution in [-0.4, -0.2) is 22.7 Å². The van der Waals surface area contributed by atoms with Crippen LogP contribution in [0.4, 0.5) is 8.78 Å². The number of aliphatic carboxylic acids is 1. The highest BCUT2D eigenvalue weighted by atomic mass is 19.1. The summed E-state index contributed by atoms with van der Waals surface area (Å²) in [5.41, 5.74) is 2.40. The number of fused-ring (bicyclic) bond motifs is 1. The summed E-state index contributed by atoms with van der Waals surface area (Å²) in [4.78, 5) is 15.0. The Labute approximate surface area is 157 Å². The van der Waals surface area contributed by atoms with Gasteiger partial charge in [-0.2, -0.15) is 0 Å². The van der Waals surface area contributed by atoms with E-state index in [-0.39, 0.29) is 5.56 Å². The molecular formula is C21H13F2NO4. The molecule has 28 heavy (non-hydrogen) atoms. The quantitative estimate of drug-likeness (QED) is 0.532. The second kappa shape index (κ2) is 7.11. The first kappa shape index (κ1) is 17.7. The predicted octanol–water partition coefficient (Wildman–Crippen LogP) is 4.90. The zero-order valence-electron chi connectivity index (χ0n) is 14.4. The van der Waals surface area contributed by atoms with Crippen molar-refractivity contribution < 1.29 is 27.8 Å². The van der Waals surface area contributed by atoms with Crippen molar-refractivity contribution >= 4 is 17.1 Å². The van der Waals surface area contributed by atoms with E-state index in [1.165, 1.54) is 12.1 Å². The molecule has 7 heteroatoms. The highest BCUT2D eigenvalue weighted by Crippen LogP contribution is 2.31. The molecule has 0 aliphatic carbocycles. The molecule has 4 aromatic rings. The van der Waals surface area contributed by atoms with Gasteiger partial charge in [-0.05, 0) is 48.0 Å². The second-order valence-electron chi connectivity index (χ2n) is 6.04. The highest BCUT2D eigenvalue weighted by Gasteiger charge is 2.13. The molecule has 4 rings (SSSR count). The molecule has 3 aromatic carbocycles. The fourth-order valence-electron chi connectivity index (χ4n) is 2.80. The average molecular weight is 381 g/mol. The minimum atomic E-state index is -1.08. The fourth-order valence-corrected chi connectivity index (χ4v) is 2.80. The van der Waals surface area contributed by atoms with E-state index in [1.807, 2.05) is 0 Å². The molecule has 0 atom stereocenters. The average Bonchev–Trinajstić information content (AvgIpc) is 3.10. The first-order valence-electron chi connectivity index (χ1n) is 8.30. The van der Waals surface area contributed by atoms with Crippen molar-refractivity contribution in [2.45, 2.75) is 0 Å². The first-order valence-corrected chi connectivity index (χ1v) is 8.30. The van der Waals surface area contributed by atoms with Gasteiger partial charge in [0.15, 0.2) is 12.2 Å². The van der Waals surface area contributed by atoms with Gasteiger partial charge in [0.25, 0.3) is 0 Å². The van der Waals surface area contributed by atoms with Gasteiger partial charge in [-0.15, -0.1) is 0 Å². The van der Waals surface area contributed by atoms with E-state index in [4.69, 9.17) is 14.3 Å². The lowest BCUT2D eigenvalue weighted by atomic mass is 10.0. The third kappa shape index (κ3) is 3.55. The maximum atomic E-state index is 14.0. The topological polar surface area (TPSA) is 72.6 Å². The van der Waals surface area contributed by atoms with Gasteiger partial charge >= 0.3 is 5.97 Å². The number of oxazole rings is 1. The van der Waals surface area contributed by atoms with E-state index < -0.39 is 24.2 Å². The normalized spacial score (nSPS) is 10.9. The van der Waals surface area contributed by atoms with Crippen LogP contribution in [0, 0.1) is 11.6 Å². The molecule has 0 bridgehead atoms. The third-order valence-corrected chi connectivity index (χ3v) is 4.07. The predicted molar refractivity (Wildman–Crippen MR) is 97.9 cm³/mol. The Kier molecular flexibility index (Phi) is 4.49. The summed E-state index contributed by atoms with van der Waals surface area (Å²) in [5.74, 6) is -1.70. The second-order valence-corrected chi connectivity index (χ2v) is 6.04. The Bertz CT molecular complexity index is 1190. The maximum Gasteiger partial charge on any atom is 0.341 e. The molecule has 0 spiro atoms. The fraction of sp³-hybridized carbons (Fsp3) is 0.0476. The molecule has 0 aliphatic rings. The number of carboxylic acids is 1. The summed E-state index contributed by atoms with van der Waals surface area (Å²) < 4.78 is 38.1. The van der Waals surface area contributed by atoms with Gasteiger partial charge in [0, 0.05) is 17.2 Å². The number of carbonyl (C=O) groups is 1. The Morgan fingerprint density at radius 3 is 2.68 bits per heavy atom. The number of hydrogen-bond acceptors (Lipinski definition) is 4. The molecule has 1 heterocycles. The maximum absolute atomic E-state index is 14.0. The number of nitrogens with zero attached hydrogens (tertiary/aromatic N) is 1. The molecular weight excluding hydrogens is 368 g/mol. The first-order chi connectivity index (χ1) is 13.5. The van der Waals surface area contributed by atoms with Gasteiger partial charge in [-0.3, -0.25) is 0 Å². The lowest BCUT2D eigenvalue weighted by Crippen LogP contribution is -2.09. The third-order valence-electron chi connectivity index (χ3n) is 4.07. The smallest absolute Gasteiger partial charge is 0.341 e. The molecule has 0 unspecified atom stereocenters. The van der Waals surface area contributed by atoms with Crippen LogP contribution in [0.5, 0.6) is 5.75 Å². The molecule has 0 amide bonds. The van der Waals surface area contributed by atoms with Crippen LogP contribution in [0.1, 0.15) is 0 Å². The van der Waals surface area contributed by atoms with Crippen molar-refractivity contribution in [2.24, 2.45) is 0 Å². The molecule has 5 nitrogen and oxygen atoms in total. The van der Waals surface area contributed by atoms with Crippen LogP contribution in [0.15, 0.2) is 65.1 Å². The highest BCUT2D eigenvalue weighted by molar-refractivity contribution is 5.82. The van der Waals surface area contributed by atoms with Crippen LogP contribution in [-0.2, 0) is 4.79 Å². The van der Waals surface area contributed by atoms with E-state index >= 15 is 0 Å². The van der Waals surface area contributed by atoms with Gasteiger partial charge in [0.05, 0.1) is 0 Å². The Morgan fingerprint density at radius 2 is 1.89 bits per heavy atom.